The number of phenols is 1. The van der Waals surface area contributed by atoms with Crippen molar-refractivity contribution >= 4 is 5.97 Å². The Balaban J connectivity index is 1.70. The van der Waals surface area contributed by atoms with Gasteiger partial charge in [0.25, 0.3) is 0 Å². The number of cyclic esters (lactones) is 1. The van der Waals surface area contributed by atoms with Crippen molar-refractivity contribution in [3.8, 4) is 17.2 Å². The lowest BCUT2D eigenvalue weighted by Gasteiger charge is -2.25. The molecule has 0 aromatic heterocycles. The highest BCUT2D eigenvalue weighted by Gasteiger charge is 2.29. The van der Waals surface area contributed by atoms with E-state index in [2.05, 4.69) is 0 Å². The van der Waals surface area contributed by atoms with E-state index in [1.165, 1.54) is 13.2 Å². The summed E-state index contributed by atoms with van der Waals surface area (Å²) in [7, 11) is 3.17. The van der Waals surface area contributed by atoms with Gasteiger partial charge in [-0.15, -0.1) is 0 Å². The number of esters is 1. The molecule has 0 fully saturated rings. The second-order valence-corrected chi connectivity index (χ2v) is 5.80. The van der Waals surface area contributed by atoms with E-state index in [4.69, 9.17) is 14.2 Å². The van der Waals surface area contributed by atoms with Crippen molar-refractivity contribution in [3.63, 3.8) is 0 Å². The predicted molar refractivity (Wildman–Crippen MR) is 88.9 cm³/mol. The van der Waals surface area contributed by atoms with Crippen molar-refractivity contribution in [2.24, 2.45) is 0 Å². The molecular formula is C19H20O5. The molecule has 1 unspecified atom stereocenters. The van der Waals surface area contributed by atoms with Crippen LogP contribution in [0.15, 0.2) is 36.4 Å². The zero-order valence-corrected chi connectivity index (χ0v) is 13.7. The number of aryl methyl sites for hydroxylation is 1. The third-order valence-electron chi connectivity index (χ3n) is 4.25. The summed E-state index contributed by atoms with van der Waals surface area (Å²) in [4.78, 5) is 12.2. The van der Waals surface area contributed by atoms with Gasteiger partial charge in [0, 0.05) is 12.5 Å². The van der Waals surface area contributed by atoms with Crippen LogP contribution in [0.4, 0.5) is 0 Å². The summed E-state index contributed by atoms with van der Waals surface area (Å²) in [5, 5.41) is 9.99. The Kier molecular flexibility index (Phi) is 4.60. The summed E-state index contributed by atoms with van der Waals surface area (Å²) in [5.74, 6) is 0.785. The third kappa shape index (κ3) is 3.30. The van der Waals surface area contributed by atoms with Gasteiger partial charge in [0.15, 0.2) is 0 Å². The molecular weight excluding hydrogens is 308 g/mol. The normalized spacial score (nSPS) is 16.2. The molecule has 126 valence electrons. The molecule has 1 heterocycles. The molecule has 1 aliphatic heterocycles. The Hall–Kier alpha value is -2.69. The van der Waals surface area contributed by atoms with E-state index in [9.17, 15) is 9.90 Å². The number of benzene rings is 2. The van der Waals surface area contributed by atoms with Crippen molar-refractivity contribution in [3.05, 3.63) is 53.1 Å². The number of fused-ring (bicyclic) bond motifs is 1. The van der Waals surface area contributed by atoms with Crippen LogP contribution in [0.3, 0.4) is 0 Å². The molecule has 5 heteroatoms. The van der Waals surface area contributed by atoms with Crippen LogP contribution in [-0.2, 0) is 17.6 Å². The van der Waals surface area contributed by atoms with Crippen LogP contribution >= 0.6 is 0 Å². The number of aromatic hydroxyl groups is 1. The van der Waals surface area contributed by atoms with Gasteiger partial charge in [0.1, 0.15) is 28.9 Å². The number of hydrogen-bond acceptors (Lipinski definition) is 5. The van der Waals surface area contributed by atoms with Gasteiger partial charge in [-0.25, -0.2) is 4.79 Å². The largest absolute Gasteiger partial charge is 0.507 e. The van der Waals surface area contributed by atoms with Crippen LogP contribution in [0, 0.1) is 0 Å². The van der Waals surface area contributed by atoms with E-state index >= 15 is 0 Å². The van der Waals surface area contributed by atoms with E-state index in [0.29, 0.717) is 12.2 Å². The van der Waals surface area contributed by atoms with Gasteiger partial charge in [0.2, 0.25) is 0 Å². The lowest BCUT2D eigenvalue weighted by Crippen LogP contribution is -2.28. The SMILES string of the molecule is COc1ccc(CCC2Cc3cc(OC)cc(O)c3C(=O)O2)cc1. The first kappa shape index (κ1) is 16.2. The van der Waals surface area contributed by atoms with Gasteiger partial charge < -0.3 is 19.3 Å². The standard InChI is InChI=1S/C19H20O5/c1-22-14-6-3-12(4-7-14)5-8-15-9-13-10-16(23-2)11-17(20)18(13)19(21)24-15/h3-4,6-7,10-11,15,20H,5,8-9H2,1-2H3. The van der Waals surface area contributed by atoms with Crippen LogP contribution < -0.4 is 9.47 Å². The van der Waals surface area contributed by atoms with Crippen molar-refractivity contribution < 1.29 is 24.1 Å². The summed E-state index contributed by atoms with van der Waals surface area (Å²) in [6.07, 6.45) is 1.88. The minimum Gasteiger partial charge on any atom is -0.507 e. The molecule has 2 aromatic carbocycles. The summed E-state index contributed by atoms with van der Waals surface area (Å²) in [5.41, 5.74) is 2.17. The van der Waals surface area contributed by atoms with E-state index < -0.39 is 5.97 Å². The minimum atomic E-state index is -0.476. The van der Waals surface area contributed by atoms with E-state index in [-0.39, 0.29) is 17.4 Å². The van der Waals surface area contributed by atoms with Crippen LogP contribution in [0.25, 0.3) is 0 Å². The number of phenolic OH excluding ortho intramolecular Hbond substituents is 1. The summed E-state index contributed by atoms with van der Waals surface area (Å²) >= 11 is 0. The molecule has 0 radical (unpaired) electrons. The Morgan fingerprint density at radius 3 is 2.50 bits per heavy atom. The molecule has 1 atom stereocenters. The molecule has 2 aromatic rings. The molecule has 0 spiro atoms. The predicted octanol–water partition coefficient (Wildman–Crippen LogP) is 3.12. The molecule has 0 saturated carbocycles. The average Bonchev–Trinajstić information content (AvgIpc) is 2.59. The minimum absolute atomic E-state index is 0.0945. The van der Waals surface area contributed by atoms with Crippen LogP contribution in [0.2, 0.25) is 0 Å². The second kappa shape index (κ2) is 6.83. The third-order valence-corrected chi connectivity index (χ3v) is 4.25. The number of ether oxygens (including phenoxy) is 3. The van der Waals surface area contributed by atoms with Gasteiger partial charge >= 0.3 is 5.97 Å². The number of carbonyl (C=O) groups excluding carboxylic acids is 1. The molecule has 3 rings (SSSR count). The first-order chi connectivity index (χ1) is 11.6. The highest BCUT2D eigenvalue weighted by Crippen LogP contribution is 2.33. The maximum atomic E-state index is 12.2. The summed E-state index contributed by atoms with van der Waals surface area (Å²) < 4.78 is 15.8. The van der Waals surface area contributed by atoms with Crippen LogP contribution in [0.1, 0.15) is 27.9 Å². The summed E-state index contributed by atoms with van der Waals surface area (Å²) in [6.45, 7) is 0. The van der Waals surface area contributed by atoms with Gasteiger partial charge in [-0.2, -0.15) is 0 Å². The fourth-order valence-electron chi connectivity index (χ4n) is 2.95. The Morgan fingerprint density at radius 1 is 1.12 bits per heavy atom. The quantitative estimate of drug-likeness (QED) is 0.854. The molecule has 1 aliphatic rings. The Labute approximate surface area is 140 Å². The zero-order chi connectivity index (χ0) is 17.1. The maximum Gasteiger partial charge on any atom is 0.342 e. The van der Waals surface area contributed by atoms with Gasteiger partial charge in [-0.1, -0.05) is 12.1 Å². The molecule has 1 N–H and O–H groups in total. The highest BCUT2D eigenvalue weighted by molar-refractivity contribution is 5.95. The number of methoxy groups -OCH3 is 2. The number of hydrogen-bond donors (Lipinski definition) is 1. The van der Waals surface area contributed by atoms with Crippen LogP contribution in [-0.4, -0.2) is 31.4 Å². The number of rotatable bonds is 5. The highest BCUT2D eigenvalue weighted by atomic mass is 16.5. The second-order valence-electron chi connectivity index (χ2n) is 5.80. The van der Waals surface area contributed by atoms with E-state index in [1.54, 1.807) is 13.2 Å². The van der Waals surface area contributed by atoms with Crippen molar-refractivity contribution in [2.45, 2.75) is 25.4 Å². The van der Waals surface area contributed by atoms with Gasteiger partial charge in [0.05, 0.1) is 14.2 Å². The zero-order valence-electron chi connectivity index (χ0n) is 13.7. The lowest BCUT2D eigenvalue weighted by molar-refractivity contribution is 0.0234. The summed E-state index contributed by atoms with van der Waals surface area (Å²) in [6, 6.07) is 11.1. The maximum absolute atomic E-state index is 12.2. The Bertz CT molecular complexity index is 736. The fourth-order valence-corrected chi connectivity index (χ4v) is 2.95. The number of carbonyl (C=O) groups is 1. The van der Waals surface area contributed by atoms with Crippen molar-refractivity contribution in [1.82, 2.24) is 0 Å². The Morgan fingerprint density at radius 2 is 1.83 bits per heavy atom. The topological polar surface area (TPSA) is 65.0 Å². The monoisotopic (exact) mass is 328 g/mol. The first-order valence-corrected chi connectivity index (χ1v) is 7.84. The first-order valence-electron chi connectivity index (χ1n) is 7.84. The van der Waals surface area contributed by atoms with Crippen molar-refractivity contribution in [2.75, 3.05) is 14.2 Å². The lowest BCUT2D eigenvalue weighted by atomic mass is 9.94. The van der Waals surface area contributed by atoms with E-state index in [1.807, 2.05) is 24.3 Å². The van der Waals surface area contributed by atoms with Gasteiger partial charge in [-0.05, 0) is 42.2 Å². The average molecular weight is 328 g/mol. The van der Waals surface area contributed by atoms with Crippen LogP contribution in [0.5, 0.6) is 17.2 Å². The smallest absolute Gasteiger partial charge is 0.342 e. The van der Waals surface area contributed by atoms with Gasteiger partial charge in [-0.3, -0.25) is 0 Å². The molecule has 24 heavy (non-hydrogen) atoms. The molecule has 0 amide bonds. The molecule has 0 aliphatic carbocycles. The molecule has 0 bridgehead atoms. The molecule has 5 nitrogen and oxygen atoms in total. The molecule has 0 saturated heterocycles. The van der Waals surface area contributed by atoms with Crippen molar-refractivity contribution in [1.29, 1.82) is 0 Å². The fraction of sp³-hybridized carbons (Fsp3) is 0.316. The van der Waals surface area contributed by atoms with E-state index in [0.717, 1.165) is 29.7 Å².